The summed E-state index contributed by atoms with van der Waals surface area (Å²) in [4.78, 5) is 12.0. The van der Waals surface area contributed by atoms with Gasteiger partial charge in [-0.15, -0.1) is 0 Å². The Kier molecular flexibility index (Phi) is 3.53. The topological polar surface area (TPSA) is 64.4 Å². The first kappa shape index (κ1) is 12.6. The molecule has 2 saturated heterocycles. The van der Waals surface area contributed by atoms with Gasteiger partial charge in [0.25, 0.3) is 0 Å². The zero-order valence-corrected chi connectivity index (χ0v) is 10.9. The van der Waals surface area contributed by atoms with Gasteiger partial charge in [0.1, 0.15) is 0 Å². The van der Waals surface area contributed by atoms with E-state index in [0.29, 0.717) is 12.5 Å². The second-order valence-electron chi connectivity index (χ2n) is 5.50. The molecule has 2 aliphatic heterocycles. The lowest BCUT2D eigenvalue weighted by atomic mass is 9.95. The molecule has 2 fully saturated rings. The lowest BCUT2D eigenvalue weighted by molar-refractivity contribution is -0.122. The molecule has 0 aromatic heterocycles. The predicted molar refractivity (Wildman–Crippen MR) is 72.4 cm³/mol. The van der Waals surface area contributed by atoms with Crippen LogP contribution in [0.4, 0.5) is 0 Å². The highest BCUT2D eigenvalue weighted by Gasteiger charge is 2.41. The van der Waals surface area contributed by atoms with E-state index in [2.05, 4.69) is 5.32 Å². The molecule has 0 spiro atoms. The monoisotopic (exact) mass is 260 g/mol. The molecule has 0 radical (unpaired) electrons. The molecule has 2 aliphatic rings. The standard InChI is InChI=1S/C15H20N2O2/c16-12(10-4-2-1-3-5-10)9-15(18)17-13-8-11-6-7-14(13)19-11/h1-5,11-14H,6-9,16H2,(H,17,18)/t11-,12+,13-,14-/m1/s1. The second kappa shape index (κ2) is 5.31. The van der Waals surface area contributed by atoms with Crippen LogP contribution in [-0.2, 0) is 9.53 Å². The van der Waals surface area contributed by atoms with Crippen molar-refractivity contribution in [3.05, 3.63) is 35.9 Å². The first-order chi connectivity index (χ1) is 9.22. The van der Waals surface area contributed by atoms with Crippen LogP contribution in [0.3, 0.4) is 0 Å². The van der Waals surface area contributed by atoms with Crippen LogP contribution in [0.2, 0.25) is 0 Å². The minimum absolute atomic E-state index is 0.0255. The number of nitrogens with two attached hydrogens (primary N) is 1. The van der Waals surface area contributed by atoms with Crippen LogP contribution in [0.5, 0.6) is 0 Å². The number of ether oxygens (including phenoxy) is 1. The summed E-state index contributed by atoms with van der Waals surface area (Å²) in [6.07, 6.45) is 4.08. The molecule has 1 aromatic carbocycles. The number of benzene rings is 1. The van der Waals surface area contributed by atoms with E-state index in [-0.39, 0.29) is 24.1 Å². The van der Waals surface area contributed by atoms with Gasteiger partial charge < -0.3 is 15.8 Å². The van der Waals surface area contributed by atoms with Gasteiger partial charge in [-0.25, -0.2) is 0 Å². The third-order valence-corrected chi connectivity index (χ3v) is 4.09. The third kappa shape index (κ3) is 2.80. The Morgan fingerprint density at radius 3 is 2.79 bits per heavy atom. The highest BCUT2D eigenvalue weighted by Crippen LogP contribution is 2.34. The van der Waals surface area contributed by atoms with E-state index < -0.39 is 0 Å². The van der Waals surface area contributed by atoms with Crippen LogP contribution < -0.4 is 11.1 Å². The van der Waals surface area contributed by atoms with Crippen LogP contribution in [0.25, 0.3) is 0 Å². The van der Waals surface area contributed by atoms with Crippen molar-refractivity contribution in [2.75, 3.05) is 0 Å². The van der Waals surface area contributed by atoms with Gasteiger partial charge in [-0.1, -0.05) is 30.3 Å². The summed E-state index contributed by atoms with van der Waals surface area (Å²) < 4.78 is 5.73. The molecule has 1 aromatic rings. The summed E-state index contributed by atoms with van der Waals surface area (Å²) in [7, 11) is 0. The van der Waals surface area contributed by atoms with Crippen molar-refractivity contribution in [1.82, 2.24) is 5.32 Å². The molecular formula is C15H20N2O2. The van der Waals surface area contributed by atoms with Crippen molar-refractivity contribution in [2.24, 2.45) is 5.73 Å². The van der Waals surface area contributed by atoms with Gasteiger partial charge in [0, 0.05) is 12.5 Å². The maximum absolute atomic E-state index is 12.0. The van der Waals surface area contributed by atoms with Crippen molar-refractivity contribution >= 4 is 5.91 Å². The molecule has 0 unspecified atom stereocenters. The molecule has 2 heterocycles. The molecule has 1 amide bonds. The number of carbonyl (C=O) groups is 1. The molecule has 2 bridgehead atoms. The molecular weight excluding hydrogens is 240 g/mol. The molecule has 3 rings (SSSR count). The maximum atomic E-state index is 12.0. The van der Waals surface area contributed by atoms with Gasteiger partial charge >= 0.3 is 0 Å². The zero-order valence-electron chi connectivity index (χ0n) is 10.9. The third-order valence-electron chi connectivity index (χ3n) is 4.09. The van der Waals surface area contributed by atoms with Gasteiger partial charge in [0.15, 0.2) is 0 Å². The van der Waals surface area contributed by atoms with Gasteiger partial charge in [-0.3, -0.25) is 4.79 Å². The Balaban J connectivity index is 1.51. The van der Waals surface area contributed by atoms with E-state index in [0.717, 1.165) is 24.8 Å². The first-order valence-electron chi connectivity index (χ1n) is 6.98. The average Bonchev–Trinajstić information content (AvgIpc) is 3.02. The van der Waals surface area contributed by atoms with Gasteiger partial charge in [-0.2, -0.15) is 0 Å². The summed E-state index contributed by atoms with van der Waals surface area (Å²) in [6.45, 7) is 0. The number of hydrogen-bond acceptors (Lipinski definition) is 3. The molecule has 4 heteroatoms. The summed E-state index contributed by atoms with van der Waals surface area (Å²) in [5.41, 5.74) is 7.06. The van der Waals surface area contributed by atoms with Gasteiger partial charge in [0.05, 0.1) is 18.2 Å². The summed E-state index contributed by atoms with van der Waals surface area (Å²) >= 11 is 0. The Hall–Kier alpha value is -1.39. The number of carbonyl (C=O) groups excluding carboxylic acids is 1. The minimum Gasteiger partial charge on any atom is -0.373 e. The SMILES string of the molecule is N[C@@H](CC(=O)N[C@@H]1C[C@H]2CC[C@H]1O2)c1ccccc1. The molecule has 4 atom stereocenters. The maximum Gasteiger partial charge on any atom is 0.222 e. The fourth-order valence-electron chi connectivity index (χ4n) is 3.07. The first-order valence-corrected chi connectivity index (χ1v) is 6.98. The van der Waals surface area contributed by atoms with E-state index in [1.54, 1.807) is 0 Å². The Morgan fingerprint density at radius 2 is 2.16 bits per heavy atom. The predicted octanol–water partition coefficient (Wildman–Crippen LogP) is 1.51. The van der Waals surface area contributed by atoms with Crippen molar-refractivity contribution < 1.29 is 9.53 Å². The van der Waals surface area contributed by atoms with E-state index in [4.69, 9.17) is 10.5 Å². The van der Waals surface area contributed by atoms with Crippen LogP contribution in [0, 0.1) is 0 Å². The van der Waals surface area contributed by atoms with E-state index in [1.165, 1.54) is 0 Å². The summed E-state index contributed by atoms with van der Waals surface area (Å²) in [5, 5.41) is 3.07. The molecule has 102 valence electrons. The molecule has 4 nitrogen and oxygen atoms in total. The quantitative estimate of drug-likeness (QED) is 0.862. The number of fused-ring (bicyclic) bond motifs is 2. The number of rotatable bonds is 4. The van der Waals surface area contributed by atoms with Crippen LogP contribution >= 0.6 is 0 Å². The molecule has 19 heavy (non-hydrogen) atoms. The normalized spacial score (nSPS) is 30.3. The van der Waals surface area contributed by atoms with E-state index in [9.17, 15) is 4.79 Å². The minimum atomic E-state index is -0.235. The van der Waals surface area contributed by atoms with Crippen molar-refractivity contribution in [2.45, 2.75) is 50.0 Å². The summed E-state index contributed by atoms with van der Waals surface area (Å²) in [6, 6.07) is 9.70. The molecule has 3 N–H and O–H groups in total. The molecule has 0 aliphatic carbocycles. The number of nitrogens with one attached hydrogen (secondary N) is 1. The highest BCUT2D eigenvalue weighted by atomic mass is 16.5. The van der Waals surface area contributed by atoms with Crippen LogP contribution in [0.1, 0.15) is 37.3 Å². The smallest absolute Gasteiger partial charge is 0.222 e. The number of hydrogen-bond donors (Lipinski definition) is 2. The largest absolute Gasteiger partial charge is 0.373 e. The van der Waals surface area contributed by atoms with Gasteiger partial charge in [0.2, 0.25) is 5.91 Å². The second-order valence-corrected chi connectivity index (χ2v) is 5.50. The Labute approximate surface area is 113 Å². The van der Waals surface area contributed by atoms with Crippen LogP contribution in [-0.4, -0.2) is 24.2 Å². The van der Waals surface area contributed by atoms with Crippen molar-refractivity contribution in [1.29, 1.82) is 0 Å². The number of amides is 1. The zero-order chi connectivity index (χ0) is 13.2. The van der Waals surface area contributed by atoms with E-state index in [1.807, 2.05) is 30.3 Å². The fraction of sp³-hybridized carbons (Fsp3) is 0.533. The Bertz CT molecular complexity index is 449. The molecule has 0 saturated carbocycles. The van der Waals surface area contributed by atoms with Crippen molar-refractivity contribution in [3.63, 3.8) is 0 Å². The van der Waals surface area contributed by atoms with Crippen LogP contribution in [0.15, 0.2) is 30.3 Å². The van der Waals surface area contributed by atoms with Gasteiger partial charge in [-0.05, 0) is 24.8 Å². The fourth-order valence-corrected chi connectivity index (χ4v) is 3.07. The Morgan fingerprint density at radius 1 is 1.37 bits per heavy atom. The lowest BCUT2D eigenvalue weighted by Gasteiger charge is -2.21. The van der Waals surface area contributed by atoms with Crippen molar-refractivity contribution in [3.8, 4) is 0 Å². The summed E-state index contributed by atoms with van der Waals surface area (Å²) in [5.74, 6) is 0.0255. The average molecular weight is 260 g/mol. The highest BCUT2D eigenvalue weighted by molar-refractivity contribution is 5.77. The van der Waals surface area contributed by atoms with E-state index >= 15 is 0 Å². The lowest BCUT2D eigenvalue weighted by Crippen LogP contribution is -2.42.